The molecule has 0 aliphatic carbocycles. The molecule has 0 heterocycles. The summed E-state index contributed by atoms with van der Waals surface area (Å²) in [4.78, 5) is 44.7. The first-order valence-electron chi connectivity index (χ1n) is 7.12. The summed E-state index contributed by atoms with van der Waals surface area (Å²) in [6, 6.07) is 6.00. The van der Waals surface area contributed by atoms with E-state index in [9.17, 15) is 19.2 Å². The second kappa shape index (κ2) is 9.93. The van der Waals surface area contributed by atoms with E-state index in [1.54, 1.807) is 6.92 Å². The highest BCUT2D eigenvalue weighted by Gasteiger charge is 2.13. The minimum atomic E-state index is -0.808. The number of amides is 3. The second-order valence-electron chi connectivity index (χ2n) is 4.43. The minimum Gasteiger partial charge on any atom is -0.462 e. The molecule has 0 aliphatic heterocycles. The molecule has 23 heavy (non-hydrogen) atoms. The van der Waals surface area contributed by atoms with Gasteiger partial charge in [-0.15, -0.1) is 0 Å². The first-order valence-corrected chi connectivity index (χ1v) is 7.12. The van der Waals surface area contributed by atoms with Crippen molar-refractivity contribution in [3.8, 4) is 0 Å². The number of nitrogens with one attached hydrogen (secondary N) is 3. The standard InChI is InChI=1S/C15H19N3O5/c1-2-23-15(22)11-4-6-12(7-5-11)18-14(21)13(20)17-9-3-8-16-10-19/h4-7,10H,2-3,8-9H2,1H3,(H,16,19)(H,17,20)(H,18,21). The van der Waals surface area contributed by atoms with Crippen LogP contribution in [0, 0.1) is 0 Å². The average molecular weight is 321 g/mol. The van der Waals surface area contributed by atoms with Gasteiger partial charge in [0, 0.05) is 18.8 Å². The lowest BCUT2D eigenvalue weighted by atomic mass is 10.2. The third kappa shape index (κ3) is 6.60. The van der Waals surface area contributed by atoms with Gasteiger partial charge in [0.25, 0.3) is 0 Å². The molecular weight excluding hydrogens is 302 g/mol. The molecular formula is C15H19N3O5. The monoisotopic (exact) mass is 321 g/mol. The summed E-state index contributed by atoms with van der Waals surface area (Å²) in [6.45, 7) is 2.68. The summed E-state index contributed by atoms with van der Waals surface area (Å²) in [5.41, 5.74) is 0.748. The largest absolute Gasteiger partial charge is 0.462 e. The summed E-state index contributed by atoms with van der Waals surface area (Å²) in [6.07, 6.45) is 1.08. The van der Waals surface area contributed by atoms with Gasteiger partial charge in [0.1, 0.15) is 0 Å². The van der Waals surface area contributed by atoms with Gasteiger partial charge in [-0.25, -0.2) is 4.79 Å². The van der Waals surface area contributed by atoms with Crippen molar-refractivity contribution < 1.29 is 23.9 Å². The Morgan fingerprint density at radius 2 is 1.78 bits per heavy atom. The lowest BCUT2D eigenvalue weighted by Crippen LogP contribution is -2.36. The molecule has 0 saturated heterocycles. The zero-order valence-corrected chi connectivity index (χ0v) is 12.8. The molecule has 0 spiro atoms. The molecule has 0 unspecified atom stereocenters. The van der Waals surface area contributed by atoms with Gasteiger partial charge in [0.05, 0.1) is 12.2 Å². The number of ether oxygens (including phenoxy) is 1. The quantitative estimate of drug-likeness (QED) is 0.271. The van der Waals surface area contributed by atoms with E-state index in [-0.39, 0.29) is 13.2 Å². The van der Waals surface area contributed by atoms with E-state index < -0.39 is 17.8 Å². The van der Waals surface area contributed by atoms with Gasteiger partial charge >= 0.3 is 17.8 Å². The van der Waals surface area contributed by atoms with Crippen molar-refractivity contribution in [2.45, 2.75) is 13.3 Å². The Balaban J connectivity index is 2.42. The van der Waals surface area contributed by atoms with Gasteiger partial charge in [-0.3, -0.25) is 14.4 Å². The SMILES string of the molecule is CCOC(=O)c1ccc(NC(=O)C(=O)NCCCNC=O)cc1. The van der Waals surface area contributed by atoms with E-state index >= 15 is 0 Å². The molecule has 0 radical (unpaired) electrons. The average Bonchev–Trinajstić information content (AvgIpc) is 2.55. The van der Waals surface area contributed by atoms with Crippen molar-refractivity contribution in [1.29, 1.82) is 0 Å². The van der Waals surface area contributed by atoms with Crippen LogP contribution in [0.15, 0.2) is 24.3 Å². The highest BCUT2D eigenvalue weighted by atomic mass is 16.5. The maximum atomic E-state index is 11.7. The second-order valence-corrected chi connectivity index (χ2v) is 4.43. The summed E-state index contributed by atoms with van der Waals surface area (Å²) in [5.74, 6) is -2.03. The predicted octanol–water partition coefficient (Wildman–Crippen LogP) is 0.0541. The van der Waals surface area contributed by atoms with E-state index in [2.05, 4.69) is 16.0 Å². The lowest BCUT2D eigenvalue weighted by molar-refractivity contribution is -0.136. The van der Waals surface area contributed by atoms with Crippen molar-refractivity contribution >= 4 is 29.9 Å². The molecule has 1 rings (SSSR count). The fraction of sp³-hybridized carbons (Fsp3) is 0.333. The van der Waals surface area contributed by atoms with E-state index in [1.807, 2.05) is 0 Å². The van der Waals surface area contributed by atoms with E-state index in [4.69, 9.17) is 4.74 Å². The molecule has 124 valence electrons. The number of benzene rings is 1. The van der Waals surface area contributed by atoms with E-state index in [1.165, 1.54) is 24.3 Å². The van der Waals surface area contributed by atoms with Gasteiger partial charge in [-0.05, 0) is 37.6 Å². The molecule has 0 fully saturated rings. The van der Waals surface area contributed by atoms with Crippen LogP contribution < -0.4 is 16.0 Å². The Morgan fingerprint density at radius 1 is 1.09 bits per heavy atom. The molecule has 0 saturated carbocycles. The molecule has 0 aromatic heterocycles. The molecule has 8 nitrogen and oxygen atoms in total. The summed E-state index contributed by atoms with van der Waals surface area (Å²) < 4.78 is 4.84. The minimum absolute atomic E-state index is 0.273. The Bertz CT molecular complexity index is 557. The first-order chi connectivity index (χ1) is 11.1. The van der Waals surface area contributed by atoms with Crippen LogP contribution in [0.1, 0.15) is 23.7 Å². The van der Waals surface area contributed by atoms with Crippen LogP contribution in [0.4, 0.5) is 5.69 Å². The van der Waals surface area contributed by atoms with Crippen molar-refractivity contribution in [1.82, 2.24) is 10.6 Å². The van der Waals surface area contributed by atoms with Gasteiger partial charge in [0.15, 0.2) is 0 Å². The van der Waals surface area contributed by atoms with Crippen molar-refractivity contribution in [2.24, 2.45) is 0 Å². The van der Waals surface area contributed by atoms with Gasteiger partial charge in [-0.2, -0.15) is 0 Å². The molecule has 8 heteroatoms. The topological polar surface area (TPSA) is 114 Å². The van der Waals surface area contributed by atoms with Gasteiger partial charge < -0.3 is 20.7 Å². The van der Waals surface area contributed by atoms with Gasteiger partial charge in [0.2, 0.25) is 6.41 Å². The van der Waals surface area contributed by atoms with Crippen molar-refractivity contribution in [2.75, 3.05) is 25.0 Å². The smallest absolute Gasteiger partial charge is 0.338 e. The Hall–Kier alpha value is -2.90. The summed E-state index contributed by atoms with van der Waals surface area (Å²) >= 11 is 0. The normalized spacial score (nSPS) is 9.61. The highest BCUT2D eigenvalue weighted by molar-refractivity contribution is 6.39. The maximum absolute atomic E-state index is 11.7. The lowest BCUT2D eigenvalue weighted by Gasteiger charge is -2.07. The van der Waals surface area contributed by atoms with E-state index in [0.29, 0.717) is 30.6 Å². The Morgan fingerprint density at radius 3 is 2.39 bits per heavy atom. The molecule has 3 amide bonds. The van der Waals surface area contributed by atoms with Gasteiger partial charge in [-0.1, -0.05) is 0 Å². The number of esters is 1. The van der Waals surface area contributed by atoms with Crippen LogP contribution >= 0.6 is 0 Å². The fourth-order valence-corrected chi connectivity index (χ4v) is 1.62. The summed E-state index contributed by atoms with van der Waals surface area (Å²) in [5, 5.41) is 7.29. The third-order valence-corrected chi connectivity index (χ3v) is 2.73. The van der Waals surface area contributed by atoms with Crippen LogP contribution in [0.25, 0.3) is 0 Å². The van der Waals surface area contributed by atoms with Crippen molar-refractivity contribution in [3.05, 3.63) is 29.8 Å². The number of rotatable bonds is 8. The van der Waals surface area contributed by atoms with Crippen LogP contribution in [0.5, 0.6) is 0 Å². The maximum Gasteiger partial charge on any atom is 0.338 e. The molecule has 3 N–H and O–H groups in total. The number of hydrogen-bond acceptors (Lipinski definition) is 5. The fourth-order valence-electron chi connectivity index (χ4n) is 1.62. The first kappa shape index (κ1) is 18.1. The number of hydrogen-bond donors (Lipinski definition) is 3. The molecule has 0 aliphatic rings. The number of carbonyl (C=O) groups excluding carboxylic acids is 4. The molecule has 1 aromatic rings. The van der Waals surface area contributed by atoms with Crippen molar-refractivity contribution in [3.63, 3.8) is 0 Å². The number of anilines is 1. The highest BCUT2D eigenvalue weighted by Crippen LogP contribution is 2.10. The van der Waals surface area contributed by atoms with Crippen LogP contribution in [-0.4, -0.2) is 43.9 Å². The Kier molecular flexibility index (Phi) is 7.84. The summed E-state index contributed by atoms with van der Waals surface area (Å²) in [7, 11) is 0. The molecule has 0 atom stereocenters. The molecule has 0 bridgehead atoms. The number of carbonyl (C=O) groups is 4. The molecule has 1 aromatic carbocycles. The zero-order chi connectivity index (χ0) is 17.1. The van der Waals surface area contributed by atoms with Crippen LogP contribution in [-0.2, 0) is 19.1 Å². The van der Waals surface area contributed by atoms with E-state index in [0.717, 1.165) is 0 Å². The van der Waals surface area contributed by atoms with Crippen LogP contribution in [0.3, 0.4) is 0 Å². The third-order valence-electron chi connectivity index (χ3n) is 2.73. The predicted molar refractivity (Wildman–Crippen MR) is 82.7 cm³/mol. The Labute approximate surface area is 133 Å². The van der Waals surface area contributed by atoms with Crippen LogP contribution in [0.2, 0.25) is 0 Å². The zero-order valence-electron chi connectivity index (χ0n) is 12.8.